The van der Waals surface area contributed by atoms with Gasteiger partial charge in [-0.1, -0.05) is 18.2 Å². The maximum Gasteiger partial charge on any atom is 0.257 e. The van der Waals surface area contributed by atoms with Gasteiger partial charge in [0, 0.05) is 55.2 Å². The highest BCUT2D eigenvalue weighted by atomic mass is 79.9. The van der Waals surface area contributed by atoms with Crippen molar-refractivity contribution in [2.24, 2.45) is 0 Å². The molecule has 0 bridgehead atoms. The molecule has 1 aliphatic rings. The van der Waals surface area contributed by atoms with Gasteiger partial charge in [-0.15, -0.1) is 0 Å². The van der Waals surface area contributed by atoms with Crippen molar-refractivity contribution in [1.29, 1.82) is 0 Å². The van der Waals surface area contributed by atoms with Crippen LogP contribution in [0, 0.1) is 5.82 Å². The van der Waals surface area contributed by atoms with Crippen molar-refractivity contribution in [3.63, 3.8) is 0 Å². The molecular weight excluding hydrogens is 531 g/mol. The number of nitrogens with one attached hydrogen (secondary N) is 2. The van der Waals surface area contributed by atoms with E-state index in [1.807, 2.05) is 36.4 Å². The molecule has 1 fully saturated rings. The SMILES string of the molecule is COc1ccc(C(=O)NC(=S)Nc2ccc(N3CCN(Cc4ccccc4F)CC3)cc2)cc1Br. The van der Waals surface area contributed by atoms with Crippen LogP contribution in [0.1, 0.15) is 15.9 Å². The second-order valence-corrected chi connectivity index (χ2v) is 9.42. The highest BCUT2D eigenvalue weighted by Gasteiger charge is 2.18. The van der Waals surface area contributed by atoms with Gasteiger partial charge in [-0.3, -0.25) is 15.0 Å². The number of rotatable bonds is 6. The van der Waals surface area contributed by atoms with Gasteiger partial charge >= 0.3 is 0 Å². The quantitative estimate of drug-likeness (QED) is 0.414. The van der Waals surface area contributed by atoms with E-state index in [0.29, 0.717) is 22.3 Å². The number of amides is 1. The summed E-state index contributed by atoms with van der Waals surface area (Å²) in [6.45, 7) is 4.10. The first kappa shape index (κ1) is 25.1. The number of carbonyl (C=O) groups is 1. The molecule has 3 aromatic rings. The van der Waals surface area contributed by atoms with Gasteiger partial charge in [-0.05, 0) is 76.7 Å². The first-order valence-electron chi connectivity index (χ1n) is 11.2. The summed E-state index contributed by atoms with van der Waals surface area (Å²) in [6, 6.07) is 19.9. The Morgan fingerprint density at radius 3 is 2.43 bits per heavy atom. The van der Waals surface area contributed by atoms with Crippen LogP contribution in [0.15, 0.2) is 71.2 Å². The Labute approximate surface area is 218 Å². The van der Waals surface area contributed by atoms with E-state index in [-0.39, 0.29) is 16.8 Å². The molecule has 1 amide bonds. The molecule has 3 aromatic carbocycles. The highest BCUT2D eigenvalue weighted by Crippen LogP contribution is 2.25. The molecule has 35 heavy (non-hydrogen) atoms. The van der Waals surface area contributed by atoms with Gasteiger partial charge in [0.25, 0.3) is 5.91 Å². The normalized spacial score (nSPS) is 13.9. The fraction of sp³-hybridized carbons (Fsp3) is 0.231. The predicted molar refractivity (Wildman–Crippen MR) is 145 cm³/mol. The lowest BCUT2D eigenvalue weighted by Crippen LogP contribution is -2.46. The Hall–Kier alpha value is -3.01. The standard InChI is InChI=1S/C26H26BrFN4O2S/c1-34-24-11-6-18(16-22(24)27)25(33)30-26(35)29-20-7-9-21(10-8-20)32-14-12-31(13-15-32)17-19-4-2-3-5-23(19)28/h2-11,16H,12-15,17H2,1H3,(H2,29,30,33,35). The van der Waals surface area contributed by atoms with Crippen LogP contribution in [-0.4, -0.2) is 49.2 Å². The number of piperazine rings is 1. The van der Waals surface area contributed by atoms with E-state index in [2.05, 4.69) is 36.4 Å². The van der Waals surface area contributed by atoms with Gasteiger partial charge in [-0.25, -0.2) is 4.39 Å². The Morgan fingerprint density at radius 1 is 1.06 bits per heavy atom. The summed E-state index contributed by atoms with van der Waals surface area (Å²) < 4.78 is 19.8. The molecule has 0 aromatic heterocycles. The van der Waals surface area contributed by atoms with Crippen molar-refractivity contribution in [3.05, 3.63) is 88.1 Å². The molecule has 4 rings (SSSR count). The third kappa shape index (κ3) is 6.56. The molecule has 6 nitrogen and oxygen atoms in total. The highest BCUT2D eigenvalue weighted by molar-refractivity contribution is 9.10. The van der Waals surface area contributed by atoms with Gasteiger partial charge in [0.2, 0.25) is 0 Å². The Balaban J connectivity index is 1.26. The summed E-state index contributed by atoms with van der Waals surface area (Å²) in [7, 11) is 1.57. The number of hydrogen-bond acceptors (Lipinski definition) is 5. The number of anilines is 2. The van der Waals surface area contributed by atoms with E-state index in [1.165, 1.54) is 6.07 Å². The topological polar surface area (TPSA) is 56.8 Å². The lowest BCUT2D eigenvalue weighted by atomic mass is 10.1. The van der Waals surface area contributed by atoms with E-state index in [1.54, 1.807) is 31.4 Å². The van der Waals surface area contributed by atoms with Crippen molar-refractivity contribution in [3.8, 4) is 5.75 Å². The Kier molecular flexibility index (Phi) is 8.33. The molecule has 9 heteroatoms. The summed E-state index contributed by atoms with van der Waals surface area (Å²) in [6.07, 6.45) is 0. The smallest absolute Gasteiger partial charge is 0.257 e. The number of nitrogens with zero attached hydrogens (tertiary/aromatic N) is 2. The lowest BCUT2D eigenvalue weighted by molar-refractivity contribution is 0.0977. The number of hydrogen-bond donors (Lipinski definition) is 2. The minimum Gasteiger partial charge on any atom is -0.496 e. The fourth-order valence-corrected chi connectivity index (χ4v) is 4.68. The molecular formula is C26H26BrFN4O2S. The second kappa shape index (κ2) is 11.6. The molecule has 1 aliphatic heterocycles. The van der Waals surface area contributed by atoms with Crippen molar-refractivity contribution in [2.45, 2.75) is 6.54 Å². The number of thiocarbonyl (C=S) groups is 1. The average molecular weight is 557 g/mol. The van der Waals surface area contributed by atoms with Gasteiger partial charge in [0.05, 0.1) is 11.6 Å². The third-order valence-corrected chi connectivity index (χ3v) is 6.68. The molecule has 0 saturated carbocycles. The zero-order chi connectivity index (χ0) is 24.8. The van der Waals surface area contributed by atoms with E-state index >= 15 is 0 Å². The van der Waals surface area contributed by atoms with Crippen molar-refractivity contribution in [2.75, 3.05) is 43.5 Å². The molecule has 1 heterocycles. The van der Waals surface area contributed by atoms with Crippen molar-refractivity contribution < 1.29 is 13.9 Å². The summed E-state index contributed by atoms with van der Waals surface area (Å²) in [5.74, 6) is 0.188. The number of methoxy groups -OCH3 is 1. The van der Waals surface area contributed by atoms with Gasteiger partial charge in [0.15, 0.2) is 5.11 Å². The second-order valence-electron chi connectivity index (χ2n) is 8.16. The first-order valence-corrected chi connectivity index (χ1v) is 12.4. The Bertz CT molecular complexity index is 1200. The van der Waals surface area contributed by atoms with Crippen LogP contribution in [0.4, 0.5) is 15.8 Å². The van der Waals surface area contributed by atoms with Crippen LogP contribution in [0.2, 0.25) is 0 Å². The number of carbonyl (C=O) groups excluding carboxylic acids is 1. The van der Waals surface area contributed by atoms with Crippen molar-refractivity contribution >= 4 is 50.5 Å². The predicted octanol–water partition coefficient (Wildman–Crippen LogP) is 5.05. The minimum atomic E-state index is -0.310. The van der Waals surface area contributed by atoms with E-state index in [0.717, 1.165) is 43.1 Å². The molecule has 182 valence electrons. The minimum absolute atomic E-state index is 0.149. The van der Waals surface area contributed by atoms with Crippen LogP contribution in [0.25, 0.3) is 0 Å². The summed E-state index contributed by atoms with van der Waals surface area (Å²) >= 11 is 8.69. The first-order chi connectivity index (χ1) is 16.9. The average Bonchev–Trinajstić information content (AvgIpc) is 2.86. The largest absolute Gasteiger partial charge is 0.496 e. The lowest BCUT2D eigenvalue weighted by Gasteiger charge is -2.36. The molecule has 0 spiro atoms. The molecule has 0 unspecified atom stereocenters. The Morgan fingerprint density at radius 2 is 1.77 bits per heavy atom. The summed E-state index contributed by atoms with van der Waals surface area (Å²) in [4.78, 5) is 17.1. The monoisotopic (exact) mass is 556 g/mol. The zero-order valence-electron chi connectivity index (χ0n) is 19.3. The van der Waals surface area contributed by atoms with Crippen LogP contribution in [0.5, 0.6) is 5.75 Å². The third-order valence-electron chi connectivity index (χ3n) is 5.86. The van der Waals surface area contributed by atoms with Crippen LogP contribution >= 0.6 is 28.1 Å². The zero-order valence-corrected chi connectivity index (χ0v) is 21.7. The fourth-order valence-electron chi connectivity index (χ4n) is 3.93. The van der Waals surface area contributed by atoms with Gasteiger partial charge in [-0.2, -0.15) is 0 Å². The molecule has 0 atom stereocenters. The van der Waals surface area contributed by atoms with E-state index in [4.69, 9.17) is 17.0 Å². The molecule has 2 N–H and O–H groups in total. The molecule has 0 radical (unpaired) electrons. The van der Waals surface area contributed by atoms with Crippen LogP contribution < -0.4 is 20.3 Å². The van der Waals surface area contributed by atoms with E-state index < -0.39 is 0 Å². The van der Waals surface area contributed by atoms with Gasteiger partial charge < -0.3 is 15.0 Å². The van der Waals surface area contributed by atoms with E-state index in [9.17, 15) is 9.18 Å². The number of halogens is 2. The number of ether oxygens (including phenoxy) is 1. The summed E-state index contributed by atoms with van der Waals surface area (Å²) in [5, 5.41) is 5.96. The maximum atomic E-state index is 13.9. The van der Waals surface area contributed by atoms with Crippen LogP contribution in [-0.2, 0) is 6.54 Å². The van der Waals surface area contributed by atoms with Crippen molar-refractivity contribution in [1.82, 2.24) is 10.2 Å². The van der Waals surface area contributed by atoms with Gasteiger partial charge in [0.1, 0.15) is 11.6 Å². The molecule has 1 saturated heterocycles. The summed E-state index contributed by atoms with van der Waals surface area (Å²) in [5.41, 5.74) is 3.10. The molecule has 0 aliphatic carbocycles. The number of benzene rings is 3. The van der Waals surface area contributed by atoms with Crippen LogP contribution in [0.3, 0.4) is 0 Å². The maximum absolute atomic E-state index is 13.9.